The molecule has 0 unspecified atom stereocenters. The van der Waals surface area contributed by atoms with E-state index in [0.717, 1.165) is 6.21 Å². The topological polar surface area (TPSA) is 130 Å². The lowest BCUT2D eigenvalue weighted by Gasteiger charge is -2.21. The molecule has 0 amide bonds. The van der Waals surface area contributed by atoms with Crippen LogP contribution in [0.15, 0.2) is 28.5 Å². The SMILES string of the molecule is O=C(O)C1=C(C(=O)O)Oc2cc3c(cc2C1)C(=O)C(=O)C=N3. The predicted molar refractivity (Wildman–Crippen MR) is 70.6 cm³/mol. The smallest absolute Gasteiger partial charge is 0.372 e. The van der Waals surface area contributed by atoms with E-state index in [9.17, 15) is 19.2 Å². The first-order valence-electron chi connectivity index (χ1n) is 6.05. The Hall–Kier alpha value is -3.29. The highest BCUT2D eigenvalue weighted by Gasteiger charge is 2.32. The molecule has 8 heteroatoms. The molecule has 0 fully saturated rings. The molecule has 1 aromatic rings. The van der Waals surface area contributed by atoms with Crippen molar-refractivity contribution in [3.63, 3.8) is 0 Å². The lowest BCUT2D eigenvalue weighted by atomic mass is 9.94. The number of hydrogen-bond donors (Lipinski definition) is 2. The van der Waals surface area contributed by atoms with Gasteiger partial charge in [0.2, 0.25) is 17.3 Å². The van der Waals surface area contributed by atoms with Gasteiger partial charge in [-0.15, -0.1) is 0 Å². The van der Waals surface area contributed by atoms with Gasteiger partial charge in [-0.05, 0) is 6.07 Å². The van der Waals surface area contributed by atoms with Gasteiger partial charge in [0.05, 0.1) is 23.0 Å². The molecule has 0 bridgehead atoms. The van der Waals surface area contributed by atoms with Crippen molar-refractivity contribution in [2.75, 3.05) is 0 Å². The second-order valence-corrected chi connectivity index (χ2v) is 4.63. The minimum atomic E-state index is -1.50. The number of benzene rings is 1. The van der Waals surface area contributed by atoms with Crippen molar-refractivity contribution in [3.05, 3.63) is 34.6 Å². The van der Waals surface area contributed by atoms with Crippen molar-refractivity contribution in [2.45, 2.75) is 6.42 Å². The number of Topliss-reactive ketones (excluding diaryl/α,β-unsaturated/α-hetero) is 2. The summed E-state index contributed by atoms with van der Waals surface area (Å²) >= 11 is 0. The average molecular weight is 301 g/mol. The van der Waals surface area contributed by atoms with Gasteiger partial charge >= 0.3 is 11.9 Å². The van der Waals surface area contributed by atoms with E-state index in [0.29, 0.717) is 5.56 Å². The van der Waals surface area contributed by atoms with Gasteiger partial charge in [-0.3, -0.25) is 14.6 Å². The number of aliphatic carboxylic acids is 2. The van der Waals surface area contributed by atoms with E-state index >= 15 is 0 Å². The van der Waals surface area contributed by atoms with E-state index < -0.39 is 34.8 Å². The number of fused-ring (bicyclic) bond motifs is 2. The summed E-state index contributed by atoms with van der Waals surface area (Å²) in [5.41, 5.74) is 0.0858. The molecular formula is C14H7NO7. The number of nitrogens with zero attached hydrogens (tertiary/aromatic N) is 1. The van der Waals surface area contributed by atoms with Gasteiger partial charge in [0, 0.05) is 18.1 Å². The molecule has 0 saturated carbocycles. The third-order valence-corrected chi connectivity index (χ3v) is 3.27. The molecule has 2 N–H and O–H groups in total. The molecule has 22 heavy (non-hydrogen) atoms. The lowest BCUT2D eigenvalue weighted by Crippen LogP contribution is -2.23. The molecule has 2 aliphatic heterocycles. The van der Waals surface area contributed by atoms with Crippen LogP contribution in [0.3, 0.4) is 0 Å². The first kappa shape index (κ1) is 13.7. The Kier molecular flexibility index (Phi) is 2.87. The second-order valence-electron chi connectivity index (χ2n) is 4.63. The molecular weight excluding hydrogens is 294 g/mol. The standard InChI is InChI=1S/C14H7NO7/c16-9-4-15-8-3-10-5(1-6(8)11(9)17)2-7(13(18)19)12(22-10)14(20)21/h1,3-4H,2H2,(H,18,19)(H,20,21). The van der Waals surface area contributed by atoms with Crippen molar-refractivity contribution in [1.29, 1.82) is 0 Å². The molecule has 1 aromatic carbocycles. The monoisotopic (exact) mass is 301 g/mol. The average Bonchev–Trinajstić information content (AvgIpc) is 2.48. The van der Waals surface area contributed by atoms with Crippen molar-refractivity contribution >= 4 is 35.4 Å². The van der Waals surface area contributed by atoms with Crippen molar-refractivity contribution in [1.82, 2.24) is 0 Å². The number of hydrogen-bond acceptors (Lipinski definition) is 6. The summed E-state index contributed by atoms with van der Waals surface area (Å²) in [5.74, 6) is -5.04. The van der Waals surface area contributed by atoms with Crippen LogP contribution in [0.5, 0.6) is 5.75 Å². The number of carbonyl (C=O) groups excluding carboxylic acids is 2. The molecule has 3 rings (SSSR count). The zero-order chi connectivity index (χ0) is 16.0. The van der Waals surface area contributed by atoms with Crippen LogP contribution in [0.25, 0.3) is 0 Å². The number of carboxylic acids is 2. The second kappa shape index (κ2) is 4.62. The number of rotatable bonds is 2. The van der Waals surface area contributed by atoms with E-state index in [1.807, 2.05) is 0 Å². The van der Waals surface area contributed by atoms with Crippen LogP contribution < -0.4 is 4.74 Å². The summed E-state index contributed by atoms with van der Waals surface area (Å²) in [6.45, 7) is 0. The minimum Gasteiger partial charge on any atom is -0.478 e. The number of ether oxygens (including phenoxy) is 1. The van der Waals surface area contributed by atoms with Gasteiger partial charge in [-0.25, -0.2) is 9.59 Å². The van der Waals surface area contributed by atoms with Crippen LogP contribution in [-0.2, 0) is 20.8 Å². The van der Waals surface area contributed by atoms with Crippen LogP contribution in [0, 0.1) is 0 Å². The molecule has 0 saturated heterocycles. The Labute approximate surface area is 122 Å². The minimum absolute atomic E-state index is 0.0402. The fourth-order valence-electron chi connectivity index (χ4n) is 2.24. The Bertz CT molecular complexity index is 832. The van der Waals surface area contributed by atoms with Gasteiger partial charge in [0.25, 0.3) is 0 Å². The van der Waals surface area contributed by atoms with Gasteiger partial charge in [-0.2, -0.15) is 0 Å². The Morgan fingerprint density at radius 1 is 1.14 bits per heavy atom. The van der Waals surface area contributed by atoms with Gasteiger partial charge in [0.1, 0.15) is 5.75 Å². The van der Waals surface area contributed by atoms with E-state index in [1.165, 1.54) is 12.1 Å². The Morgan fingerprint density at radius 2 is 1.86 bits per heavy atom. The summed E-state index contributed by atoms with van der Waals surface area (Å²) in [6.07, 6.45) is 0.640. The van der Waals surface area contributed by atoms with Crippen LogP contribution in [-0.4, -0.2) is 39.9 Å². The third kappa shape index (κ3) is 1.97. The van der Waals surface area contributed by atoms with E-state index in [2.05, 4.69) is 4.99 Å². The van der Waals surface area contributed by atoms with Crippen LogP contribution in [0.2, 0.25) is 0 Å². The first-order valence-corrected chi connectivity index (χ1v) is 6.05. The molecule has 0 aromatic heterocycles. The summed E-state index contributed by atoms with van der Waals surface area (Å²) in [6, 6.07) is 2.62. The fraction of sp³-hybridized carbons (Fsp3) is 0.0714. The van der Waals surface area contributed by atoms with Crippen molar-refractivity contribution in [2.24, 2.45) is 4.99 Å². The Morgan fingerprint density at radius 3 is 2.50 bits per heavy atom. The molecule has 2 aliphatic rings. The summed E-state index contributed by atoms with van der Waals surface area (Å²) in [4.78, 5) is 49.1. The maximum atomic E-state index is 11.8. The van der Waals surface area contributed by atoms with Gasteiger partial charge in [-0.1, -0.05) is 0 Å². The van der Waals surface area contributed by atoms with Gasteiger partial charge in [0.15, 0.2) is 0 Å². The summed E-state index contributed by atoms with van der Waals surface area (Å²) in [5, 5.41) is 18.1. The molecule has 0 atom stereocenters. The van der Waals surface area contributed by atoms with Crippen LogP contribution in [0.1, 0.15) is 15.9 Å². The number of ketones is 2. The highest BCUT2D eigenvalue weighted by Crippen LogP contribution is 2.37. The molecule has 2 heterocycles. The van der Waals surface area contributed by atoms with Gasteiger partial charge < -0.3 is 14.9 Å². The predicted octanol–water partition coefficient (Wildman–Crippen LogP) is 0.513. The van der Waals surface area contributed by atoms with E-state index in [4.69, 9.17) is 14.9 Å². The quantitative estimate of drug-likeness (QED) is 0.761. The zero-order valence-corrected chi connectivity index (χ0v) is 10.8. The van der Waals surface area contributed by atoms with Crippen molar-refractivity contribution < 1.29 is 34.1 Å². The van der Waals surface area contributed by atoms with Crippen LogP contribution in [0.4, 0.5) is 5.69 Å². The molecule has 8 nitrogen and oxygen atoms in total. The van der Waals surface area contributed by atoms with E-state index in [-0.39, 0.29) is 23.4 Å². The lowest BCUT2D eigenvalue weighted by molar-refractivity contribution is -0.138. The molecule has 0 aliphatic carbocycles. The molecule has 110 valence electrons. The van der Waals surface area contributed by atoms with Crippen LogP contribution >= 0.6 is 0 Å². The third-order valence-electron chi connectivity index (χ3n) is 3.27. The Balaban J connectivity index is 2.14. The number of aliphatic imine (C=N–C) groups is 1. The van der Waals surface area contributed by atoms with Crippen molar-refractivity contribution in [3.8, 4) is 5.75 Å². The number of carboxylic acid groups (broad SMARTS) is 2. The maximum Gasteiger partial charge on any atom is 0.372 e. The molecule has 0 spiro atoms. The first-order chi connectivity index (χ1) is 10.4. The highest BCUT2D eigenvalue weighted by atomic mass is 16.5. The zero-order valence-electron chi connectivity index (χ0n) is 10.8. The maximum absolute atomic E-state index is 11.8. The molecule has 0 radical (unpaired) electrons. The highest BCUT2D eigenvalue weighted by molar-refractivity contribution is 6.64. The largest absolute Gasteiger partial charge is 0.478 e. The fourth-order valence-corrected chi connectivity index (χ4v) is 2.24. The number of carbonyl (C=O) groups is 4. The summed E-state index contributed by atoms with van der Waals surface area (Å²) in [7, 11) is 0. The van der Waals surface area contributed by atoms with E-state index in [1.54, 1.807) is 0 Å². The normalized spacial score (nSPS) is 16.0. The summed E-state index contributed by atoms with van der Waals surface area (Å²) < 4.78 is 5.12.